The average molecular weight is 215 g/mol. The van der Waals surface area contributed by atoms with E-state index >= 15 is 0 Å². The molecule has 15 heavy (non-hydrogen) atoms. The molecule has 0 saturated heterocycles. The molecule has 0 fully saturated rings. The Morgan fingerprint density at radius 3 is 2.27 bits per heavy atom. The highest BCUT2D eigenvalue weighted by Crippen LogP contribution is 1.96. The first kappa shape index (κ1) is 13.9. The highest BCUT2D eigenvalue weighted by atomic mass is 16.5. The molecule has 0 heterocycles. The quantitative estimate of drug-likeness (QED) is 0.606. The Morgan fingerprint density at radius 1 is 1.13 bits per heavy atom. The number of likely N-dealkylation sites (N-methyl/N-ethyl adjacent to an activating group) is 1. The van der Waals surface area contributed by atoms with Gasteiger partial charge in [-0.15, -0.1) is 0 Å². The van der Waals surface area contributed by atoms with Gasteiger partial charge in [-0.1, -0.05) is 13.8 Å². The summed E-state index contributed by atoms with van der Waals surface area (Å²) in [4.78, 5) is 23.9. The van der Waals surface area contributed by atoms with Crippen LogP contribution in [-0.2, 0) is 14.3 Å². The molecular formula is C11H21NO3. The number of nitrogens with zero attached hydrogens (tertiary/aromatic N) is 1. The zero-order valence-electron chi connectivity index (χ0n) is 9.91. The molecule has 0 saturated carbocycles. The van der Waals surface area contributed by atoms with Crippen LogP contribution in [0.5, 0.6) is 0 Å². The summed E-state index contributed by atoms with van der Waals surface area (Å²) in [7, 11) is 1.73. The summed E-state index contributed by atoms with van der Waals surface area (Å²) >= 11 is 0. The van der Waals surface area contributed by atoms with Crippen LogP contribution in [0, 0.1) is 0 Å². The van der Waals surface area contributed by atoms with E-state index in [1.165, 1.54) is 0 Å². The van der Waals surface area contributed by atoms with E-state index in [0.29, 0.717) is 26.0 Å². The Morgan fingerprint density at radius 2 is 1.73 bits per heavy atom. The van der Waals surface area contributed by atoms with Gasteiger partial charge in [-0.3, -0.25) is 9.59 Å². The molecular weight excluding hydrogens is 194 g/mol. The molecule has 4 nitrogen and oxygen atoms in total. The lowest BCUT2D eigenvalue weighted by molar-refractivity contribution is -0.145. The molecule has 0 aliphatic heterocycles. The van der Waals surface area contributed by atoms with Crippen LogP contribution >= 0.6 is 0 Å². The van der Waals surface area contributed by atoms with Crippen LogP contribution in [0.1, 0.15) is 39.5 Å². The first-order chi connectivity index (χ1) is 7.11. The summed E-state index contributed by atoms with van der Waals surface area (Å²) in [5.41, 5.74) is 0. The molecule has 0 aromatic heterocycles. The van der Waals surface area contributed by atoms with E-state index in [9.17, 15) is 9.59 Å². The molecule has 0 bridgehead atoms. The normalized spacial score (nSPS) is 9.80. The maximum absolute atomic E-state index is 11.3. The lowest BCUT2D eigenvalue weighted by atomic mass is 10.3. The molecule has 4 heteroatoms. The number of amides is 1. The molecule has 0 radical (unpaired) electrons. The fourth-order valence-electron chi connectivity index (χ4n) is 1.10. The van der Waals surface area contributed by atoms with Crippen LogP contribution in [0.2, 0.25) is 0 Å². The summed E-state index contributed by atoms with van der Waals surface area (Å²) in [6.45, 7) is 4.67. The van der Waals surface area contributed by atoms with Gasteiger partial charge in [0.05, 0.1) is 6.54 Å². The first-order valence-electron chi connectivity index (χ1n) is 5.51. The third kappa shape index (κ3) is 6.94. The molecule has 0 rings (SSSR count). The van der Waals surface area contributed by atoms with Gasteiger partial charge >= 0.3 is 5.97 Å². The summed E-state index contributed by atoms with van der Waals surface area (Å²) in [6.07, 6.45) is 2.65. The third-order valence-corrected chi connectivity index (χ3v) is 2.03. The molecule has 0 N–H and O–H groups in total. The van der Waals surface area contributed by atoms with Gasteiger partial charge in [0.25, 0.3) is 0 Å². The Labute approximate surface area is 91.6 Å². The Hall–Kier alpha value is -1.06. The summed E-state index contributed by atoms with van der Waals surface area (Å²) in [6, 6.07) is 0. The highest BCUT2D eigenvalue weighted by molar-refractivity contribution is 5.75. The number of carbonyl (C=O) groups excluding carboxylic acids is 2. The van der Waals surface area contributed by atoms with Crippen LogP contribution in [0.4, 0.5) is 0 Å². The van der Waals surface area contributed by atoms with Crippen LogP contribution in [-0.4, -0.2) is 37.0 Å². The van der Waals surface area contributed by atoms with Gasteiger partial charge in [-0.2, -0.15) is 0 Å². The van der Waals surface area contributed by atoms with Crippen molar-refractivity contribution < 1.29 is 14.3 Å². The van der Waals surface area contributed by atoms with Crippen molar-refractivity contribution in [2.45, 2.75) is 39.5 Å². The van der Waals surface area contributed by atoms with Crippen molar-refractivity contribution in [2.75, 3.05) is 20.2 Å². The number of hydrogen-bond acceptors (Lipinski definition) is 3. The number of ether oxygens (including phenoxy) is 1. The Bertz CT molecular complexity index is 204. The number of carbonyl (C=O) groups is 2. The SMILES string of the molecule is CCCC(=O)OCCN(C)C(=O)CCC. The zero-order chi connectivity index (χ0) is 11.7. The second-order valence-electron chi connectivity index (χ2n) is 3.54. The second-order valence-corrected chi connectivity index (χ2v) is 3.54. The van der Waals surface area contributed by atoms with Crippen LogP contribution in [0.3, 0.4) is 0 Å². The lowest BCUT2D eigenvalue weighted by Gasteiger charge is -2.16. The van der Waals surface area contributed by atoms with Crippen molar-refractivity contribution >= 4 is 11.9 Å². The van der Waals surface area contributed by atoms with Gasteiger partial charge < -0.3 is 9.64 Å². The highest BCUT2D eigenvalue weighted by Gasteiger charge is 2.07. The van der Waals surface area contributed by atoms with E-state index in [1.807, 2.05) is 13.8 Å². The minimum Gasteiger partial charge on any atom is -0.464 e. The summed E-state index contributed by atoms with van der Waals surface area (Å²) < 4.78 is 4.95. The van der Waals surface area contributed by atoms with Crippen molar-refractivity contribution in [1.29, 1.82) is 0 Å². The van der Waals surface area contributed by atoms with E-state index in [4.69, 9.17) is 4.74 Å². The van der Waals surface area contributed by atoms with E-state index in [2.05, 4.69) is 0 Å². The largest absolute Gasteiger partial charge is 0.464 e. The molecule has 0 unspecified atom stereocenters. The third-order valence-electron chi connectivity index (χ3n) is 2.03. The van der Waals surface area contributed by atoms with Crippen molar-refractivity contribution in [3.8, 4) is 0 Å². The smallest absolute Gasteiger partial charge is 0.305 e. The first-order valence-corrected chi connectivity index (χ1v) is 5.51. The molecule has 1 amide bonds. The fraction of sp³-hybridized carbons (Fsp3) is 0.818. The van der Waals surface area contributed by atoms with Crippen molar-refractivity contribution in [3.05, 3.63) is 0 Å². The van der Waals surface area contributed by atoms with Crippen molar-refractivity contribution in [3.63, 3.8) is 0 Å². The standard InChI is InChI=1S/C11H21NO3/c1-4-6-10(13)12(3)8-9-15-11(14)7-5-2/h4-9H2,1-3H3. The average Bonchev–Trinajstić information content (AvgIpc) is 2.18. The van der Waals surface area contributed by atoms with E-state index < -0.39 is 0 Å². The van der Waals surface area contributed by atoms with Gasteiger partial charge in [-0.25, -0.2) is 0 Å². The van der Waals surface area contributed by atoms with Crippen LogP contribution in [0.15, 0.2) is 0 Å². The van der Waals surface area contributed by atoms with Crippen molar-refractivity contribution in [1.82, 2.24) is 4.90 Å². The maximum Gasteiger partial charge on any atom is 0.305 e. The van der Waals surface area contributed by atoms with Gasteiger partial charge in [0.2, 0.25) is 5.91 Å². The van der Waals surface area contributed by atoms with E-state index in [0.717, 1.165) is 12.8 Å². The second kappa shape index (κ2) is 8.26. The molecule has 0 spiro atoms. The molecule has 0 aliphatic rings. The Balaban J connectivity index is 3.58. The van der Waals surface area contributed by atoms with Crippen LogP contribution < -0.4 is 0 Å². The summed E-state index contributed by atoms with van der Waals surface area (Å²) in [5.74, 6) is -0.0853. The Kier molecular flexibility index (Phi) is 7.68. The minimum atomic E-state index is -0.186. The monoisotopic (exact) mass is 215 g/mol. The maximum atomic E-state index is 11.3. The number of esters is 1. The van der Waals surface area contributed by atoms with E-state index in [-0.39, 0.29) is 11.9 Å². The number of hydrogen-bond donors (Lipinski definition) is 0. The lowest BCUT2D eigenvalue weighted by Crippen LogP contribution is -2.30. The fourth-order valence-corrected chi connectivity index (χ4v) is 1.10. The number of rotatable bonds is 7. The molecule has 0 aliphatic carbocycles. The zero-order valence-corrected chi connectivity index (χ0v) is 9.91. The summed E-state index contributed by atoms with van der Waals surface area (Å²) in [5, 5.41) is 0. The molecule has 0 atom stereocenters. The van der Waals surface area contributed by atoms with Gasteiger partial charge in [0, 0.05) is 19.9 Å². The van der Waals surface area contributed by atoms with Crippen LogP contribution in [0.25, 0.3) is 0 Å². The van der Waals surface area contributed by atoms with Gasteiger partial charge in [0.15, 0.2) is 0 Å². The molecule has 0 aromatic carbocycles. The minimum absolute atomic E-state index is 0.101. The predicted octanol–water partition coefficient (Wildman–Crippen LogP) is 1.59. The predicted molar refractivity (Wildman–Crippen MR) is 58.4 cm³/mol. The van der Waals surface area contributed by atoms with Gasteiger partial charge in [0.1, 0.15) is 6.61 Å². The van der Waals surface area contributed by atoms with Crippen molar-refractivity contribution in [2.24, 2.45) is 0 Å². The molecule has 0 aromatic rings. The molecule has 88 valence electrons. The van der Waals surface area contributed by atoms with Gasteiger partial charge in [-0.05, 0) is 12.8 Å². The topological polar surface area (TPSA) is 46.6 Å². The van der Waals surface area contributed by atoms with E-state index in [1.54, 1.807) is 11.9 Å².